The van der Waals surface area contributed by atoms with Gasteiger partial charge in [-0.25, -0.2) is 9.97 Å². The van der Waals surface area contributed by atoms with E-state index in [0.717, 1.165) is 45.0 Å². The molecule has 1 fully saturated rings. The lowest BCUT2D eigenvalue weighted by molar-refractivity contribution is 0.0398. The van der Waals surface area contributed by atoms with E-state index in [2.05, 4.69) is 20.2 Å². The zero-order chi connectivity index (χ0) is 18.9. The third kappa shape index (κ3) is 5.74. The second-order valence-electron chi connectivity index (χ2n) is 6.47. The summed E-state index contributed by atoms with van der Waals surface area (Å²) in [5.74, 6) is 0.595. The summed E-state index contributed by atoms with van der Waals surface area (Å²) in [6, 6.07) is 11.7. The first-order valence-electron chi connectivity index (χ1n) is 9.45. The SMILES string of the molecule is CCN(Cc1ccccc1)C(=O)c1cc(NCCN2CCOCC2)ncn1. The number of nitrogens with zero attached hydrogens (tertiary/aromatic N) is 4. The Morgan fingerprint density at radius 3 is 2.74 bits per heavy atom. The van der Waals surface area contributed by atoms with Crippen molar-refractivity contribution in [3.8, 4) is 0 Å². The normalized spacial score (nSPS) is 14.7. The van der Waals surface area contributed by atoms with Crippen LogP contribution in [0.15, 0.2) is 42.7 Å². The Hall–Kier alpha value is -2.51. The van der Waals surface area contributed by atoms with Crippen LogP contribution in [0, 0.1) is 0 Å². The number of ether oxygens (including phenoxy) is 1. The van der Waals surface area contributed by atoms with Crippen molar-refractivity contribution in [1.29, 1.82) is 0 Å². The van der Waals surface area contributed by atoms with E-state index in [1.165, 1.54) is 6.33 Å². The fourth-order valence-electron chi connectivity index (χ4n) is 3.03. The van der Waals surface area contributed by atoms with Gasteiger partial charge >= 0.3 is 0 Å². The number of benzene rings is 1. The van der Waals surface area contributed by atoms with Crippen molar-refractivity contribution in [2.45, 2.75) is 13.5 Å². The van der Waals surface area contributed by atoms with E-state index in [1.807, 2.05) is 37.3 Å². The molecule has 1 aromatic heterocycles. The first-order chi connectivity index (χ1) is 13.3. The summed E-state index contributed by atoms with van der Waals surface area (Å²) in [5, 5.41) is 3.29. The van der Waals surface area contributed by atoms with E-state index in [9.17, 15) is 4.79 Å². The lowest BCUT2D eigenvalue weighted by Gasteiger charge is -2.26. The summed E-state index contributed by atoms with van der Waals surface area (Å²) in [4.78, 5) is 25.4. The van der Waals surface area contributed by atoms with Gasteiger partial charge in [0.15, 0.2) is 0 Å². The van der Waals surface area contributed by atoms with Gasteiger partial charge in [-0.2, -0.15) is 0 Å². The Bertz CT molecular complexity index is 719. The van der Waals surface area contributed by atoms with Crippen LogP contribution in [0.25, 0.3) is 0 Å². The molecular formula is C20H27N5O2. The molecule has 0 radical (unpaired) electrons. The molecule has 0 unspecified atom stereocenters. The maximum absolute atomic E-state index is 12.8. The largest absolute Gasteiger partial charge is 0.379 e. The molecular weight excluding hydrogens is 342 g/mol. The van der Waals surface area contributed by atoms with Crippen LogP contribution in [-0.4, -0.2) is 71.6 Å². The van der Waals surface area contributed by atoms with E-state index in [0.29, 0.717) is 24.6 Å². The molecule has 0 bridgehead atoms. The fraction of sp³-hybridized carbons (Fsp3) is 0.450. The van der Waals surface area contributed by atoms with E-state index in [4.69, 9.17) is 4.74 Å². The van der Waals surface area contributed by atoms with Gasteiger partial charge in [-0.1, -0.05) is 30.3 Å². The summed E-state index contributed by atoms with van der Waals surface area (Å²) in [6.07, 6.45) is 1.45. The van der Waals surface area contributed by atoms with Crippen molar-refractivity contribution in [1.82, 2.24) is 19.8 Å². The molecule has 7 nitrogen and oxygen atoms in total. The van der Waals surface area contributed by atoms with Gasteiger partial charge in [-0.05, 0) is 12.5 Å². The monoisotopic (exact) mass is 369 g/mol. The summed E-state index contributed by atoms with van der Waals surface area (Å²) in [7, 11) is 0. The molecule has 1 N–H and O–H groups in total. The smallest absolute Gasteiger partial charge is 0.272 e. The van der Waals surface area contributed by atoms with Gasteiger partial charge in [-0.3, -0.25) is 9.69 Å². The summed E-state index contributed by atoms with van der Waals surface area (Å²) in [5.41, 5.74) is 1.52. The highest BCUT2D eigenvalue weighted by Crippen LogP contribution is 2.11. The van der Waals surface area contributed by atoms with Gasteiger partial charge in [0.2, 0.25) is 0 Å². The Kier molecular flexibility index (Phi) is 7.12. The number of hydrogen-bond acceptors (Lipinski definition) is 6. The lowest BCUT2D eigenvalue weighted by Crippen LogP contribution is -2.39. The van der Waals surface area contributed by atoms with Crippen molar-refractivity contribution in [2.24, 2.45) is 0 Å². The third-order valence-electron chi connectivity index (χ3n) is 4.61. The number of hydrogen-bond donors (Lipinski definition) is 1. The summed E-state index contributed by atoms with van der Waals surface area (Å²) in [6.45, 7) is 8.36. The Morgan fingerprint density at radius 1 is 1.22 bits per heavy atom. The number of carbonyl (C=O) groups is 1. The average Bonchev–Trinajstić information content (AvgIpc) is 2.73. The Morgan fingerprint density at radius 2 is 2.00 bits per heavy atom. The van der Waals surface area contributed by atoms with Crippen LogP contribution in [0.4, 0.5) is 5.82 Å². The van der Waals surface area contributed by atoms with E-state index >= 15 is 0 Å². The number of morpholine rings is 1. The van der Waals surface area contributed by atoms with Gasteiger partial charge in [0.25, 0.3) is 5.91 Å². The zero-order valence-corrected chi connectivity index (χ0v) is 15.8. The molecule has 1 aliphatic rings. The zero-order valence-electron chi connectivity index (χ0n) is 15.8. The standard InChI is InChI=1S/C20H27N5O2/c1-2-25(15-17-6-4-3-5-7-17)20(26)18-14-19(23-16-22-18)21-8-9-24-10-12-27-13-11-24/h3-7,14,16H,2,8-13,15H2,1H3,(H,21,22,23). The Labute approximate surface area is 160 Å². The van der Waals surface area contributed by atoms with Crippen molar-refractivity contribution < 1.29 is 9.53 Å². The summed E-state index contributed by atoms with van der Waals surface area (Å²) >= 11 is 0. The van der Waals surface area contributed by atoms with Crippen LogP contribution >= 0.6 is 0 Å². The minimum atomic E-state index is -0.0833. The predicted octanol–water partition coefficient (Wildman–Crippen LogP) is 1.88. The van der Waals surface area contributed by atoms with Crippen molar-refractivity contribution in [3.05, 3.63) is 54.0 Å². The molecule has 144 valence electrons. The number of nitrogens with one attached hydrogen (secondary N) is 1. The summed E-state index contributed by atoms with van der Waals surface area (Å²) < 4.78 is 5.36. The highest BCUT2D eigenvalue weighted by molar-refractivity contribution is 5.92. The molecule has 0 saturated carbocycles. The van der Waals surface area contributed by atoms with Gasteiger partial charge in [0, 0.05) is 45.3 Å². The molecule has 1 aliphatic heterocycles. The Balaban J connectivity index is 1.56. The first kappa shape index (κ1) is 19.3. The van der Waals surface area contributed by atoms with Crippen LogP contribution in [0.1, 0.15) is 23.0 Å². The van der Waals surface area contributed by atoms with E-state index in [1.54, 1.807) is 11.0 Å². The number of aromatic nitrogens is 2. The maximum atomic E-state index is 12.8. The van der Waals surface area contributed by atoms with Crippen LogP contribution in [0.3, 0.4) is 0 Å². The molecule has 0 spiro atoms. The fourth-order valence-corrected chi connectivity index (χ4v) is 3.03. The second-order valence-corrected chi connectivity index (χ2v) is 6.47. The molecule has 1 amide bonds. The molecule has 1 saturated heterocycles. The van der Waals surface area contributed by atoms with Crippen LogP contribution in [0.5, 0.6) is 0 Å². The highest BCUT2D eigenvalue weighted by atomic mass is 16.5. The highest BCUT2D eigenvalue weighted by Gasteiger charge is 2.17. The molecule has 0 atom stereocenters. The average molecular weight is 369 g/mol. The quantitative estimate of drug-likeness (QED) is 0.766. The van der Waals surface area contributed by atoms with Crippen molar-refractivity contribution in [2.75, 3.05) is 51.3 Å². The molecule has 2 heterocycles. The lowest BCUT2D eigenvalue weighted by atomic mass is 10.2. The third-order valence-corrected chi connectivity index (χ3v) is 4.61. The van der Waals surface area contributed by atoms with Gasteiger partial charge < -0.3 is 15.0 Å². The first-order valence-corrected chi connectivity index (χ1v) is 9.45. The molecule has 1 aromatic carbocycles. The van der Waals surface area contributed by atoms with Crippen LogP contribution < -0.4 is 5.32 Å². The van der Waals surface area contributed by atoms with Gasteiger partial charge in [0.1, 0.15) is 17.8 Å². The number of rotatable bonds is 8. The molecule has 3 rings (SSSR count). The molecule has 2 aromatic rings. The van der Waals surface area contributed by atoms with E-state index in [-0.39, 0.29) is 5.91 Å². The predicted molar refractivity (Wildman–Crippen MR) is 105 cm³/mol. The topological polar surface area (TPSA) is 70.6 Å². The minimum Gasteiger partial charge on any atom is -0.379 e. The number of carbonyl (C=O) groups excluding carboxylic acids is 1. The number of amides is 1. The van der Waals surface area contributed by atoms with Gasteiger partial charge in [-0.15, -0.1) is 0 Å². The minimum absolute atomic E-state index is 0.0833. The van der Waals surface area contributed by atoms with Gasteiger partial charge in [0.05, 0.1) is 13.2 Å². The molecule has 0 aliphatic carbocycles. The van der Waals surface area contributed by atoms with Crippen molar-refractivity contribution in [3.63, 3.8) is 0 Å². The molecule has 27 heavy (non-hydrogen) atoms. The number of anilines is 1. The molecule has 7 heteroatoms. The van der Waals surface area contributed by atoms with Crippen LogP contribution in [-0.2, 0) is 11.3 Å². The van der Waals surface area contributed by atoms with Crippen LogP contribution in [0.2, 0.25) is 0 Å². The maximum Gasteiger partial charge on any atom is 0.272 e. The van der Waals surface area contributed by atoms with E-state index < -0.39 is 0 Å². The van der Waals surface area contributed by atoms with Crippen molar-refractivity contribution >= 4 is 11.7 Å². The second kappa shape index (κ2) is 9.99.